The van der Waals surface area contributed by atoms with Crippen molar-refractivity contribution < 1.29 is 23.8 Å². The van der Waals surface area contributed by atoms with Gasteiger partial charge in [-0.05, 0) is 11.8 Å². The molecule has 0 aromatic heterocycles. The first-order valence-electron chi connectivity index (χ1n) is 7.78. The van der Waals surface area contributed by atoms with Gasteiger partial charge in [-0.15, -0.1) is 0 Å². The third-order valence-corrected chi connectivity index (χ3v) is 5.31. The summed E-state index contributed by atoms with van der Waals surface area (Å²) < 4.78 is 16.0. The molecule has 2 aliphatic rings. The number of rotatable bonds is 5. The number of hydrogen-bond acceptors (Lipinski definition) is 7. The normalized spacial score (nSPS) is 34.6. The number of hydrogen-bond donors (Lipinski definition) is 1. The third-order valence-electron chi connectivity index (χ3n) is 4.21. The molecule has 2 heterocycles. The van der Waals surface area contributed by atoms with Crippen LogP contribution in [0.25, 0.3) is 0 Å². The summed E-state index contributed by atoms with van der Waals surface area (Å²) >= 11 is 1.53. The molecule has 8 heteroatoms. The van der Waals surface area contributed by atoms with Crippen LogP contribution in [0.5, 0.6) is 0 Å². The molecule has 0 unspecified atom stereocenters. The van der Waals surface area contributed by atoms with E-state index in [0.29, 0.717) is 12.5 Å². The van der Waals surface area contributed by atoms with Crippen molar-refractivity contribution in [2.45, 2.75) is 45.3 Å². The Morgan fingerprint density at radius 2 is 1.91 bits per heavy atom. The van der Waals surface area contributed by atoms with Gasteiger partial charge < -0.3 is 19.5 Å². The van der Waals surface area contributed by atoms with Crippen LogP contribution in [-0.4, -0.2) is 54.4 Å². The number of nitrogens with one attached hydrogen (secondary N) is 1. The molecule has 0 spiro atoms. The lowest BCUT2D eigenvalue weighted by Gasteiger charge is -2.40. The zero-order valence-electron chi connectivity index (χ0n) is 13.9. The molecule has 0 radical (unpaired) electrons. The van der Waals surface area contributed by atoms with Gasteiger partial charge in [0, 0.05) is 13.8 Å². The minimum Gasteiger partial charge on any atom is -0.464 e. The van der Waals surface area contributed by atoms with Gasteiger partial charge in [-0.3, -0.25) is 14.6 Å². The third kappa shape index (κ3) is 4.84. The topological polar surface area (TPSA) is 86.2 Å². The van der Waals surface area contributed by atoms with E-state index in [4.69, 9.17) is 14.2 Å². The number of carbonyl (C=O) groups is 2. The number of carbonyl (C=O) groups excluding carboxylic acids is 2. The fraction of sp³-hybridized carbons (Fsp3) is 0.800. The molecule has 130 valence electrons. The molecule has 1 N–H and O–H groups in total. The Morgan fingerprint density at radius 3 is 2.57 bits per heavy atom. The van der Waals surface area contributed by atoms with Crippen LogP contribution in [0.1, 0.15) is 27.7 Å². The van der Waals surface area contributed by atoms with Crippen molar-refractivity contribution in [3.63, 3.8) is 0 Å². The standard InChI is InChI=1S/C15H24N2O5S/c1-8-9(2)13-14(22-12(8)7-21-11(4)19)23-15(17-13)16-5-6-20-10(3)18/h8-9,12-14H,5-7H2,1-4H3,(H,16,17)/t8-,9-,12+,13+,14+/m0/s1. The first-order chi connectivity index (χ1) is 10.9. The molecule has 0 aliphatic carbocycles. The summed E-state index contributed by atoms with van der Waals surface area (Å²) in [4.78, 5) is 26.1. The molecule has 2 saturated heterocycles. The van der Waals surface area contributed by atoms with E-state index in [1.54, 1.807) is 0 Å². The molecule has 5 atom stereocenters. The number of ether oxygens (including phenoxy) is 3. The van der Waals surface area contributed by atoms with Gasteiger partial charge in [-0.1, -0.05) is 25.6 Å². The Hall–Kier alpha value is -1.28. The smallest absolute Gasteiger partial charge is 0.302 e. The molecular formula is C15H24N2O5S. The van der Waals surface area contributed by atoms with Crippen LogP contribution < -0.4 is 5.32 Å². The first-order valence-corrected chi connectivity index (χ1v) is 8.66. The van der Waals surface area contributed by atoms with Crippen LogP contribution in [-0.2, 0) is 23.8 Å². The van der Waals surface area contributed by atoms with Crippen molar-refractivity contribution in [2.24, 2.45) is 16.8 Å². The summed E-state index contributed by atoms with van der Waals surface area (Å²) in [5.41, 5.74) is -0.0470. The van der Waals surface area contributed by atoms with Gasteiger partial charge in [-0.2, -0.15) is 0 Å². The summed E-state index contributed by atoms with van der Waals surface area (Å²) in [6, 6.07) is 0.177. The predicted octanol–water partition coefficient (Wildman–Crippen LogP) is 1.17. The van der Waals surface area contributed by atoms with Crippen LogP contribution >= 0.6 is 11.8 Å². The zero-order chi connectivity index (χ0) is 17.0. The monoisotopic (exact) mass is 344 g/mol. The highest BCUT2D eigenvalue weighted by atomic mass is 32.2. The van der Waals surface area contributed by atoms with Gasteiger partial charge in [0.25, 0.3) is 0 Å². The van der Waals surface area contributed by atoms with Crippen molar-refractivity contribution in [1.82, 2.24) is 5.32 Å². The summed E-state index contributed by atoms with van der Waals surface area (Å²) in [6.07, 6.45) is -0.107. The maximum Gasteiger partial charge on any atom is 0.302 e. The van der Waals surface area contributed by atoms with Crippen molar-refractivity contribution in [3.8, 4) is 0 Å². The molecule has 2 aliphatic heterocycles. The highest BCUT2D eigenvalue weighted by Gasteiger charge is 2.46. The zero-order valence-corrected chi connectivity index (χ0v) is 14.7. The second-order valence-electron chi connectivity index (χ2n) is 5.88. The van der Waals surface area contributed by atoms with Gasteiger partial charge >= 0.3 is 11.9 Å². The Bertz CT molecular complexity index is 484. The SMILES string of the molecule is CC(=O)OCCN=C1N[C@@H]2[C@@H](C)[C@H](C)[C@@H](COC(C)=O)O[C@@H]2S1. The van der Waals surface area contributed by atoms with Gasteiger partial charge in [0.2, 0.25) is 0 Å². The van der Waals surface area contributed by atoms with E-state index in [9.17, 15) is 9.59 Å². The second-order valence-corrected chi connectivity index (χ2v) is 6.97. The molecule has 0 saturated carbocycles. The number of thioether (sulfide) groups is 1. The van der Waals surface area contributed by atoms with Crippen molar-refractivity contribution in [2.75, 3.05) is 19.8 Å². The van der Waals surface area contributed by atoms with E-state index in [0.717, 1.165) is 5.17 Å². The van der Waals surface area contributed by atoms with Crippen LogP contribution in [0.4, 0.5) is 0 Å². The average Bonchev–Trinajstić information content (AvgIpc) is 2.88. The largest absolute Gasteiger partial charge is 0.464 e. The summed E-state index contributed by atoms with van der Waals surface area (Å²) in [5, 5.41) is 4.19. The number of aliphatic imine (C=N–C) groups is 1. The van der Waals surface area contributed by atoms with Gasteiger partial charge in [0.05, 0.1) is 18.7 Å². The Kier molecular flexibility index (Phi) is 6.29. The van der Waals surface area contributed by atoms with E-state index in [1.807, 2.05) is 0 Å². The number of esters is 2. The molecule has 0 aromatic rings. The van der Waals surface area contributed by atoms with Crippen LogP contribution in [0.15, 0.2) is 4.99 Å². The summed E-state index contributed by atoms with van der Waals surface area (Å²) in [7, 11) is 0. The van der Waals surface area contributed by atoms with Gasteiger partial charge in [0.15, 0.2) is 5.17 Å². The molecular weight excluding hydrogens is 320 g/mol. The van der Waals surface area contributed by atoms with E-state index >= 15 is 0 Å². The van der Waals surface area contributed by atoms with Crippen LogP contribution in [0.3, 0.4) is 0 Å². The first kappa shape index (κ1) is 18.1. The molecule has 0 bridgehead atoms. The highest BCUT2D eigenvalue weighted by Crippen LogP contribution is 2.39. The predicted molar refractivity (Wildman–Crippen MR) is 87.1 cm³/mol. The molecule has 2 fully saturated rings. The molecule has 0 aromatic carbocycles. The Balaban J connectivity index is 1.90. The van der Waals surface area contributed by atoms with Gasteiger partial charge in [0.1, 0.15) is 18.6 Å². The fourth-order valence-electron chi connectivity index (χ4n) is 2.69. The highest BCUT2D eigenvalue weighted by molar-refractivity contribution is 8.14. The quantitative estimate of drug-likeness (QED) is 0.592. The lowest BCUT2D eigenvalue weighted by Crippen LogP contribution is -2.52. The van der Waals surface area contributed by atoms with Gasteiger partial charge in [-0.25, -0.2) is 0 Å². The Labute approximate surface area is 140 Å². The van der Waals surface area contributed by atoms with E-state index < -0.39 is 0 Å². The van der Waals surface area contributed by atoms with E-state index in [1.165, 1.54) is 25.6 Å². The number of fused-ring (bicyclic) bond motifs is 1. The maximum absolute atomic E-state index is 11.0. The molecule has 23 heavy (non-hydrogen) atoms. The average molecular weight is 344 g/mol. The molecule has 7 nitrogen and oxygen atoms in total. The molecule has 2 rings (SSSR count). The lowest BCUT2D eigenvalue weighted by atomic mass is 9.83. The molecule has 0 amide bonds. The fourth-order valence-corrected chi connectivity index (χ4v) is 3.94. The maximum atomic E-state index is 11.0. The lowest BCUT2D eigenvalue weighted by molar-refractivity contribution is -0.153. The number of amidine groups is 1. The van der Waals surface area contributed by atoms with Crippen molar-refractivity contribution in [1.29, 1.82) is 0 Å². The summed E-state index contributed by atoms with van der Waals surface area (Å²) in [6.45, 7) is 8.04. The van der Waals surface area contributed by atoms with E-state index in [2.05, 4.69) is 24.2 Å². The van der Waals surface area contributed by atoms with Crippen LogP contribution in [0.2, 0.25) is 0 Å². The second kappa shape index (κ2) is 8.01. The van der Waals surface area contributed by atoms with Crippen molar-refractivity contribution in [3.05, 3.63) is 0 Å². The Morgan fingerprint density at radius 1 is 1.22 bits per heavy atom. The minimum absolute atomic E-state index is 0.0470. The van der Waals surface area contributed by atoms with Crippen LogP contribution in [0, 0.1) is 11.8 Å². The van der Waals surface area contributed by atoms with E-state index in [-0.39, 0.29) is 48.7 Å². The summed E-state index contributed by atoms with van der Waals surface area (Å²) in [5.74, 6) is 0.0394. The minimum atomic E-state index is -0.301. The number of nitrogens with zero attached hydrogens (tertiary/aromatic N) is 1. The van der Waals surface area contributed by atoms with Crippen molar-refractivity contribution >= 4 is 28.9 Å².